The standard InChI is InChI=1S/C21H34O2/c1-13-12-19(2)14(11-18(13)22)5-6-15-16(19)7-9-20(3)17(15)8-10-21(20,4)23/h13-17,23H,5-12H2,1-4H3/t13-,14+,15-,16+,17+,19+,20+,21-/m1/s1. The molecule has 0 amide bonds. The lowest BCUT2D eigenvalue weighted by atomic mass is 9.44. The molecule has 2 nitrogen and oxygen atoms in total. The first kappa shape index (κ1) is 16.1. The van der Waals surface area contributed by atoms with Crippen LogP contribution in [0.2, 0.25) is 0 Å². The number of hydrogen-bond donors (Lipinski definition) is 1. The molecule has 0 saturated heterocycles. The molecule has 4 fully saturated rings. The van der Waals surface area contributed by atoms with Gasteiger partial charge in [-0.05, 0) is 86.4 Å². The van der Waals surface area contributed by atoms with Crippen molar-refractivity contribution in [1.29, 1.82) is 0 Å². The van der Waals surface area contributed by atoms with Gasteiger partial charge < -0.3 is 5.11 Å². The summed E-state index contributed by atoms with van der Waals surface area (Å²) in [5.74, 6) is 3.65. The lowest BCUT2D eigenvalue weighted by Crippen LogP contribution is -2.56. The van der Waals surface area contributed by atoms with Crippen LogP contribution in [0.5, 0.6) is 0 Å². The van der Waals surface area contributed by atoms with Crippen molar-refractivity contribution in [3.8, 4) is 0 Å². The maximum Gasteiger partial charge on any atom is 0.136 e. The van der Waals surface area contributed by atoms with Crippen LogP contribution in [0.1, 0.15) is 79.1 Å². The highest BCUT2D eigenvalue weighted by molar-refractivity contribution is 5.82. The van der Waals surface area contributed by atoms with Crippen LogP contribution in [0, 0.1) is 40.4 Å². The summed E-state index contributed by atoms with van der Waals surface area (Å²) in [6.45, 7) is 9.11. The molecule has 0 aromatic rings. The summed E-state index contributed by atoms with van der Waals surface area (Å²) >= 11 is 0. The van der Waals surface area contributed by atoms with E-state index in [9.17, 15) is 9.90 Å². The SMILES string of the molecule is C[C@@H]1C[C@@]2(C)[C@@H](CC[C@@H]3[C@@H]2CC[C@@]2(C)[C@H]3CC[C@@]2(C)O)CC1=O. The van der Waals surface area contributed by atoms with Gasteiger partial charge in [0.1, 0.15) is 5.78 Å². The molecule has 4 rings (SSSR count). The van der Waals surface area contributed by atoms with E-state index >= 15 is 0 Å². The monoisotopic (exact) mass is 318 g/mol. The molecule has 0 aromatic heterocycles. The fourth-order valence-corrected chi connectivity index (χ4v) is 7.65. The van der Waals surface area contributed by atoms with Gasteiger partial charge >= 0.3 is 0 Å². The van der Waals surface area contributed by atoms with Crippen molar-refractivity contribution < 1.29 is 9.90 Å². The zero-order valence-electron chi connectivity index (χ0n) is 15.4. The molecule has 0 spiro atoms. The van der Waals surface area contributed by atoms with Crippen molar-refractivity contribution in [3.05, 3.63) is 0 Å². The van der Waals surface area contributed by atoms with E-state index < -0.39 is 5.60 Å². The van der Waals surface area contributed by atoms with Gasteiger partial charge in [0.2, 0.25) is 0 Å². The Hall–Kier alpha value is -0.370. The number of fused-ring (bicyclic) bond motifs is 5. The van der Waals surface area contributed by atoms with Gasteiger partial charge in [0.25, 0.3) is 0 Å². The van der Waals surface area contributed by atoms with E-state index in [0.717, 1.165) is 31.1 Å². The van der Waals surface area contributed by atoms with Crippen molar-refractivity contribution in [2.24, 2.45) is 40.4 Å². The van der Waals surface area contributed by atoms with Crippen LogP contribution in [0.25, 0.3) is 0 Å². The van der Waals surface area contributed by atoms with E-state index in [2.05, 4.69) is 27.7 Å². The second-order valence-electron chi connectivity index (χ2n) is 10.2. The second-order valence-corrected chi connectivity index (χ2v) is 10.2. The largest absolute Gasteiger partial charge is 0.390 e. The van der Waals surface area contributed by atoms with Crippen molar-refractivity contribution in [1.82, 2.24) is 0 Å². The van der Waals surface area contributed by atoms with Crippen LogP contribution < -0.4 is 0 Å². The van der Waals surface area contributed by atoms with Crippen molar-refractivity contribution in [2.75, 3.05) is 0 Å². The molecular weight excluding hydrogens is 284 g/mol. The Morgan fingerprint density at radius 1 is 1.00 bits per heavy atom. The number of hydrogen-bond acceptors (Lipinski definition) is 2. The number of ketones is 1. The van der Waals surface area contributed by atoms with E-state index in [-0.39, 0.29) is 11.3 Å². The molecule has 130 valence electrons. The van der Waals surface area contributed by atoms with Gasteiger partial charge in [-0.3, -0.25) is 4.79 Å². The van der Waals surface area contributed by atoms with E-state index in [1.807, 2.05) is 0 Å². The van der Waals surface area contributed by atoms with Crippen molar-refractivity contribution in [3.63, 3.8) is 0 Å². The maximum absolute atomic E-state index is 12.2. The smallest absolute Gasteiger partial charge is 0.136 e. The number of rotatable bonds is 0. The molecule has 0 aromatic carbocycles. The Bertz CT molecular complexity index is 524. The molecule has 23 heavy (non-hydrogen) atoms. The minimum atomic E-state index is -0.476. The predicted molar refractivity (Wildman–Crippen MR) is 91.9 cm³/mol. The van der Waals surface area contributed by atoms with Crippen LogP contribution in [-0.4, -0.2) is 16.5 Å². The number of aliphatic hydroxyl groups is 1. The molecule has 4 aliphatic rings. The number of Topliss-reactive ketones (excluding diaryl/α,β-unsaturated/α-hetero) is 1. The first-order chi connectivity index (χ1) is 10.7. The Labute approximate surface area is 141 Å². The summed E-state index contributed by atoms with van der Waals surface area (Å²) in [4.78, 5) is 12.2. The maximum atomic E-state index is 12.2. The minimum absolute atomic E-state index is 0.119. The topological polar surface area (TPSA) is 37.3 Å². The fourth-order valence-electron chi connectivity index (χ4n) is 7.65. The van der Waals surface area contributed by atoms with E-state index in [0.29, 0.717) is 23.0 Å². The lowest BCUT2D eigenvalue weighted by molar-refractivity contribution is -0.158. The summed E-state index contributed by atoms with van der Waals surface area (Å²) in [5.41, 5.74) is 0.00962. The zero-order valence-corrected chi connectivity index (χ0v) is 15.4. The first-order valence-corrected chi connectivity index (χ1v) is 9.94. The summed E-state index contributed by atoms with van der Waals surface area (Å²) in [6, 6.07) is 0. The van der Waals surface area contributed by atoms with Crippen LogP contribution in [0.15, 0.2) is 0 Å². The fraction of sp³-hybridized carbons (Fsp3) is 0.952. The lowest BCUT2D eigenvalue weighted by Gasteiger charge is -2.61. The van der Waals surface area contributed by atoms with Gasteiger partial charge in [-0.15, -0.1) is 0 Å². The highest BCUT2D eigenvalue weighted by atomic mass is 16.3. The van der Waals surface area contributed by atoms with E-state index in [1.54, 1.807) is 0 Å². The molecule has 2 heteroatoms. The Balaban J connectivity index is 1.66. The average molecular weight is 319 g/mol. The molecule has 4 aliphatic carbocycles. The molecule has 0 radical (unpaired) electrons. The zero-order chi connectivity index (χ0) is 16.6. The number of carbonyl (C=O) groups is 1. The van der Waals surface area contributed by atoms with E-state index in [1.165, 1.54) is 32.1 Å². The molecule has 1 N–H and O–H groups in total. The van der Waals surface area contributed by atoms with E-state index in [4.69, 9.17) is 0 Å². The van der Waals surface area contributed by atoms with Crippen molar-refractivity contribution >= 4 is 5.78 Å². The Morgan fingerprint density at radius 2 is 1.70 bits per heavy atom. The summed E-state index contributed by atoms with van der Waals surface area (Å²) in [7, 11) is 0. The summed E-state index contributed by atoms with van der Waals surface area (Å²) in [5, 5.41) is 11.0. The first-order valence-electron chi connectivity index (χ1n) is 9.94. The van der Waals surface area contributed by atoms with Crippen LogP contribution >= 0.6 is 0 Å². The molecule has 0 aliphatic heterocycles. The molecule has 8 atom stereocenters. The van der Waals surface area contributed by atoms with Gasteiger partial charge in [-0.1, -0.05) is 20.8 Å². The highest BCUT2D eigenvalue weighted by Crippen LogP contribution is 2.68. The van der Waals surface area contributed by atoms with Gasteiger partial charge in [-0.25, -0.2) is 0 Å². The predicted octanol–water partition coefficient (Wildman–Crippen LogP) is 4.60. The normalized spacial score (nSPS) is 59.2. The average Bonchev–Trinajstić information content (AvgIpc) is 2.71. The quantitative estimate of drug-likeness (QED) is 0.709. The third-order valence-corrected chi connectivity index (χ3v) is 9.37. The van der Waals surface area contributed by atoms with Gasteiger partial charge in [0.05, 0.1) is 5.60 Å². The van der Waals surface area contributed by atoms with Gasteiger partial charge in [0, 0.05) is 12.3 Å². The Morgan fingerprint density at radius 3 is 2.43 bits per heavy atom. The van der Waals surface area contributed by atoms with Crippen LogP contribution in [0.4, 0.5) is 0 Å². The van der Waals surface area contributed by atoms with Crippen LogP contribution in [-0.2, 0) is 4.79 Å². The molecule has 0 bridgehead atoms. The highest BCUT2D eigenvalue weighted by Gasteiger charge is 2.63. The van der Waals surface area contributed by atoms with Crippen LogP contribution in [0.3, 0.4) is 0 Å². The second kappa shape index (κ2) is 4.84. The third-order valence-electron chi connectivity index (χ3n) is 9.37. The minimum Gasteiger partial charge on any atom is -0.390 e. The number of carbonyl (C=O) groups excluding carboxylic acids is 1. The molecule has 4 saturated carbocycles. The molecule has 0 unspecified atom stereocenters. The Kier molecular flexibility index (Phi) is 3.39. The summed E-state index contributed by atoms with van der Waals surface area (Å²) < 4.78 is 0. The van der Waals surface area contributed by atoms with Gasteiger partial charge in [0.15, 0.2) is 0 Å². The molecule has 0 heterocycles. The summed E-state index contributed by atoms with van der Waals surface area (Å²) in [6.07, 6.45) is 9.11. The van der Waals surface area contributed by atoms with Gasteiger partial charge in [-0.2, -0.15) is 0 Å². The van der Waals surface area contributed by atoms with Crippen molar-refractivity contribution in [2.45, 2.75) is 84.7 Å². The third kappa shape index (κ3) is 2.00. The molecular formula is C21H34O2.